The molecule has 2 atom stereocenters. The first kappa shape index (κ1) is 16.4. The smallest absolute Gasteiger partial charge is 0.370 e. The third-order valence-corrected chi connectivity index (χ3v) is 4.27. The summed E-state index contributed by atoms with van der Waals surface area (Å²) in [6, 6.07) is 0. The van der Waals surface area contributed by atoms with Crippen LogP contribution in [-0.4, -0.2) is 23.1 Å². The van der Waals surface area contributed by atoms with Gasteiger partial charge in [-0.25, -0.2) is 0 Å². The molecular weight excluding hydrogens is 366 g/mol. The molecule has 2 rings (SSSR count). The molecule has 116 valence electrons. The van der Waals surface area contributed by atoms with Crippen LogP contribution in [0, 0.1) is 11.8 Å². The summed E-state index contributed by atoms with van der Waals surface area (Å²) in [5, 5.41) is 9.51. The Labute approximate surface area is 124 Å². The molecule has 2 aliphatic carbocycles. The minimum Gasteiger partial charge on any atom is -0.370 e. The van der Waals surface area contributed by atoms with Crippen LogP contribution in [0.1, 0.15) is 0 Å². The first-order valence-electron chi connectivity index (χ1n) is 5.78. The fourth-order valence-corrected chi connectivity index (χ4v) is 2.98. The van der Waals surface area contributed by atoms with Crippen molar-refractivity contribution >= 4 is 15.9 Å². The number of aliphatic hydroxyl groups is 1. The first-order chi connectivity index (χ1) is 9.50. The van der Waals surface area contributed by atoms with Gasteiger partial charge < -0.3 is 5.11 Å². The molecule has 0 saturated carbocycles. The zero-order valence-corrected chi connectivity index (χ0v) is 11.8. The van der Waals surface area contributed by atoms with Gasteiger partial charge in [-0.15, -0.1) is 0 Å². The van der Waals surface area contributed by atoms with Gasteiger partial charge in [0.1, 0.15) is 0 Å². The predicted octanol–water partition coefficient (Wildman–Crippen LogP) is 4.42. The molecular formula is C13H9BrF6O. The number of fused-ring (bicyclic) bond motifs is 1. The summed E-state index contributed by atoms with van der Waals surface area (Å²) in [6.45, 7) is 0. The molecule has 0 heterocycles. The highest BCUT2D eigenvalue weighted by Gasteiger charge is 2.73. The van der Waals surface area contributed by atoms with Crippen LogP contribution in [-0.2, 0) is 0 Å². The molecule has 2 unspecified atom stereocenters. The van der Waals surface area contributed by atoms with Crippen LogP contribution in [0.2, 0.25) is 0 Å². The van der Waals surface area contributed by atoms with Gasteiger partial charge in [-0.2, -0.15) is 26.3 Å². The summed E-state index contributed by atoms with van der Waals surface area (Å²) in [6.07, 6.45) is -4.38. The Bertz CT molecular complexity index is 538. The molecule has 2 aliphatic rings. The zero-order chi connectivity index (χ0) is 16.1. The Morgan fingerprint density at radius 3 is 1.81 bits per heavy atom. The standard InChI is InChI=1S/C13H9BrF6O/c14-10-6-5-9(7-3-1-2-4-8(7)10)11(21,12(15,16)17)13(18,19)20/h1-8,21H. The monoisotopic (exact) mass is 374 g/mol. The highest BCUT2D eigenvalue weighted by atomic mass is 79.9. The third-order valence-electron chi connectivity index (χ3n) is 3.47. The highest BCUT2D eigenvalue weighted by molar-refractivity contribution is 9.11. The van der Waals surface area contributed by atoms with Crippen molar-refractivity contribution in [2.24, 2.45) is 11.8 Å². The van der Waals surface area contributed by atoms with E-state index in [1.807, 2.05) is 0 Å². The molecule has 0 fully saturated rings. The Balaban J connectivity index is 2.61. The molecule has 0 amide bonds. The number of alkyl halides is 6. The second-order valence-corrected chi connectivity index (χ2v) is 5.62. The number of allylic oxidation sites excluding steroid dienone is 7. The quantitative estimate of drug-likeness (QED) is 0.673. The van der Waals surface area contributed by atoms with Crippen molar-refractivity contribution in [2.45, 2.75) is 18.0 Å². The van der Waals surface area contributed by atoms with Crippen LogP contribution in [0.5, 0.6) is 0 Å². The van der Waals surface area contributed by atoms with Crippen molar-refractivity contribution in [2.75, 3.05) is 0 Å². The number of hydrogen-bond donors (Lipinski definition) is 1. The first-order valence-corrected chi connectivity index (χ1v) is 6.58. The van der Waals surface area contributed by atoms with Crippen LogP contribution in [0.25, 0.3) is 0 Å². The Kier molecular flexibility index (Phi) is 3.90. The summed E-state index contributed by atoms with van der Waals surface area (Å²) in [5.41, 5.74) is -6.00. The lowest BCUT2D eigenvalue weighted by Crippen LogP contribution is -2.60. The van der Waals surface area contributed by atoms with E-state index in [1.54, 1.807) is 0 Å². The second kappa shape index (κ2) is 5.01. The van der Waals surface area contributed by atoms with E-state index in [9.17, 15) is 31.4 Å². The molecule has 0 radical (unpaired) electrons. The second-order valence-electron chi connectivity index (χ2n) is 4.70. The van der Waals surface area contributed by atoms with Gasteiger partial charge in [0.15, 0.2) is 0 Å². The molecule has 0 aromatic rings. The molecule has 1 N–H and O–H groups in total. The fourth-order valence-electron chi connectivity index (χ4n) is 2.41. The number of rotatable bonds is 1. The minimum absolute atomic E-state index is 0.448. The maximum atomic E-state index is 13.0. The van der Waals surface area contributed by atoms with Crippen molar-refractivity contribution in [3.8, 4) is 0 Å². The van der Waals surface area contributed by atoms with Gasteiger partial charge in [0, 0.05) is 16.3 Å². The predicted molar refractivity (Wildman–Crippen MR) is 67.4 cm³/mol. The minimum atomic E-state index is -5.87. The maximum absolute atomic E-state index is 13.0. The van der Waals surface area contributed by atoms with Crippen LogP contribution in [0.3, 0.4) is 0 Å². The lowest BCUT2D eigenvalue weighted by molar-refractivity contribution is -0.354. The Morgan fingerprint density at radius 2 is 1.33 bits per heavy atom. The normalized spacial score (nSPS) is 26.3. The lowest BCUT2D eigenvalue weighted by atomic mass is 9.72. The van der Waals surface area contributed by atoms with E-state index < -0.39 is 35.4 Å². The SMILES string of the molecule is OC(C1=CC=C(Br)C2C=CC=CC12)(C(F)(F)F)C(F)(F)F. The van der Waals surface area contributed by atoms with Crippen molar-refractivity contribution in [3.63, 3.8) is 0 Å². The van der Waals surface area contributed by atoms with E-state index in [2.05, 4.69) is 15.9 Å². The summed E-state index contributed by atoms with van der Waals surface area (Å²) in [5.74, 6) is -1.92. The summed E-state index contributed by atoms with van der Waals surface area (Å²) in [4.78, 5) is 0. The van der Waals surface area contributed by atoms with E-state index in [0.29, 0.717) is 10.6 Å². The van der Waals surface area contributed by atoms with Gasteiger partial charge >= 0.3 is 12.4 Å². The molecule has 0 saturated heterocycles. The summed E-state index contributed by atoms with van der Waals surface area (Å²) in [7, 11) is 0. The van der Waals surface area contributed by atoms with Crippen LogP contribution in [0.15, 0.2) is 46.5 Å². The largest absolute Gasteiger partial charge is 0.430 e. The molecule has 8 heteroatoms. The molecule has 21 heavy (non-hydrogen) atoms. The molecule has 0 bridgehead atoms. The Hall–Kier alpha value is -1.02. The average Bonchev–Trinajstić information content (AvgIpc) is 2.36. The van der Waals surface area contributed by atoms with Crippen LogP contribution >= 0.6 is 15.9 Å². The maximum Gasteiger partial charge on any atom is 0.430 e. The molecule has 0 aromatic heterocycles. The van der Waals surface area contributed by atoms with E-state index >= 15 is 0 Å². The third kappa shape index (κ3) is 2.48. The number of halogens is 7. The molecule has 0 spiro atoms. The van der Waals surface area contributed by atoms with Gasteiger partial charge in [0.2, 0.25) is 0 Å². The molecule has 1 nitrogen and oxygen atoms in total. The highest BCUT2D eigenvalue weighted by Crippen LogP contribution is 2.53. The van der Waals surface area contributed by atoms with E-state index in [0.717, 1.165) is 6.08 Å². The Morgan fingerprint density at radius 1 is 0.857 bits per heavy atom. The van der Waals surface area contributed by atoms with Crippen molar-refractivity contribution in [1.29, 1.82) is 0 Å². The molecule has 0 aromatic carbocycles. The summed E-state index contributed by atoms with van der Waals surface area (Å²) >= 11 is 3.11. The fraction of sp³-hybridized carbons (Fsp3) is 0.385. The number of hydrogen-bond acceptors (Lipinski definition) is 1. The van der Waals surface area contributed by atoms with Crippen molar-refractivity contribution in [3.05, 3.63) is 46.5 Å². The topological polar surface area (TPSA) is 20.2 Å². The van der Waals surface area contributed by atoms with E-state index in [-0.39, 0.29) is 0 Å². The zero-order valence-electron chi connectivity index (χ0n) is 10.2. The van der Waals surface area contributed by atoms with Crippen LogP contribution < -0.4 is 0 Å². The summed E-state index contributed by atoms with van der Waals surface area (Å²) < 4.78 is 78.2. The van der Waals surface area contributed by atoms with Crippen LogP contribution in [0.4, 0.5) is 26.3 Å². The lowest BCUT2D eigenvalue weighted by Gasteiger charge is -2.40. The van der Waals surface area contributed by atoms with E-state index in [4.69, 9.17) is 0 Å². The van der Waals surface area contributed by atoms with Gasteiger partial charge in [-0.3, -0.25) is 0 Å². The van der Waals surface area contributed by atoms with E-state index in [1.165, 1.54) is 24.3 Å². The molecule has 0 aliphatic heterocycles. The van der Waals surface area contributed by atoms with Crippen molar-refractivity contribution < 1.29 is 31.4 Å². The average molecular weight is 375 g/mol. The van der Waals surface area contributed by atoms with Crippen molar-refractivity contribution in [1.82, 2.24) is 0 Å². The van der Waals surface area contributed by atoms with Gasteiger partial charge in [0.25, 0.3) is 5.60 Å². The van der Waals surface area contributed by atoms with Gasteiger partial charge in [-0.05, 0) is 5.57 Å². The van der Waals surface area contributed by atoms with Gasteiger partial charge in [0.05, 0.1) is 0 Å². The van der Waals surface area contributed by atoms with Gasteiger partial charge in [-0.1, -0.05) is 52.4 Å².